The zero-order valence-electron chi connectivity index (χ0n) is 16.9. The number of fused-ring (bicyclic) bond motifs is 4. The molecule has 1 amide bonds. The van der Waals surface area contributed by atoms with Gasteiger partial charge in [0, 0.05) is 29.6 Å². The Hall–Kier alpha value is -4.45. The number of aromatic nitrogens is 3. The molecule has 0 saturated heterocycles. The number of imidazole rings is 1. The lowest BCUT2D eigenvalue weighted by atomic mass is 9.98. The molecule has 0 saturated carbocycles. The second kappa shape index (κ2) is 7.06. The number of phenolic OH excluding ortho intramolecular Hbond substituents is 1. The van der Waals surface area contributed by atoms with Gasteiger partial charge in [0.15, 0.2) is 0 Å². The number of hydrogen-bond donors (Lipinski definition) is 3. The number of pyridine rings is 1. The number of carbonyl (C=O) groups is 1. The topological polar surface area (TPSA) is 90.9 Å². The Balaban J connectivity index is 1.49. The normalized spacial score (nSPS) is 14.2. The predicted molar refractivity (Wildman–Crippen MR) is 122 cm³/mol. The predicted octanol–water partition coefficient (Wildman–Crippen LogP) is 4.83. The van der Waals surface area contributed by atoms with E-state index in [9.17, 15) is 9.90 Å². The van der Waals surface area contributed by atoms with E-state index >= 15 is 0 Å². The molecule has 3 aromatic carbocycles. The lowest BCUT2D eigenvalue weighted by molar-refractivity contribution is 0.0943. The quantitative estimate of drug-likeness (QED) is 0.391. The lowest BCUT2D eigenvalue weighted by Crippen LogP contribution is -2.28. The molecule has 154 valence electrons. The van der Waals surface area contributed by atoms with Crippen LogP contribution in [0.4, 0.5) is 0 Å². The first-order valence-electron chi connectivity index (χ1n) is 10.3. The molecule has 2 heterocycles. The van der Waals surface area contributed by atoms with Crippen LogP contribution in [0.2, 0.25) is 0 Å². The van der Waals surface area contributed by atoms with E-state index in [1.165, 1.54) is 0 Å². The first-order chi connectivity index (χ1) is 15.7. The fraction of sp³-hybridized carbons (Fsp3) is 0.0385. The molecule has 6 nitrogen and oxygen atoms in total. The maximum atomic E-state index is 12.9. The average Bonchev–Trinajstić information content (AvgIpc) is 3.39. The molecule has 1 aliphatic carbocycles. The van der Waals surface area contributed by atoms with E-state index in [4.69, 9.17) is 4.98 Å². The minimum Gasteiger partial charge on any atom is -0.508 e. The van der Waals surface area contributed by atoms with E-state index in [2.05, 4.69) is 21.4 Å². The summed E-state index contributed by atoms with van der Waals surface area (Å²) in [6.45, 7) is 0. The van der Waals surface area contributed by atoms with Crippen molar-refractivity contribution in [1.82, 2.24) is 20.3 Å². The third kappa shape index (κ3) is 2.85. The fourth-order valence-corrected chi connectivity index (χ4v) is 4.45. The van der Waals surface area contributed by atoms with E-state index in [1.807, 2.05) is 36.4 Å². The molecule has 2 aromatic heterocycles. The van der Waals surface area contributed by atoms with Gasteiger partial charge < -0.3 is 15.4 Å². The summed E-state index contributed by atoms with van der Waals surface area (Å²) < 4.78 is 0. The summed E-state index contributed by atoms with van der Waals surface area (Å²) in [5.74, 6) is 0.762. The number of carbonyl (C=O) groups excluding carboxylic acids is 1. The summed E-state index contributed by atoms with van der Waals surface area (Å²) in [7, 11) is 0. The number of benzene rings is 3. The van der Waals surface area contributed by atoms with Crippen LogP contribution in [0.25, 0.3) is 33.5 Å². The van der Waals surface area contributed by atoms with Gasteiger partial charge in [0.1, 0.15) is 11.6 Å². The van der Waals surface area contributed by atoms with Crippen LogP contribution < -0.4 is 5.32 Å². The van der Waals surface area contributed by atoms with Gasteiger partial charge in [-0.1, -0.05) is 42.5 Å². The first-order valence-corrected chi connectivity index (χ1v) is 10.3. The maximum absolute atomic E-state index is 12.9. The van der Waals surface area contributed by atoms with Gasteiger partial charge in [0.05, 0.1) is 17.1 Å². The molecule has 0 aliphatic heterocycles. The Morgan fingerprint density at radius 3 is 2.56 bits per heavy atom. The molecule has 6 rings (SSSR count). The largest absolute Gasteiger partial charge is 0.508 e. The molecule has 0 bridgehead atoms. The van der Waals surface area contributed by atoms with Gasteiger partial charge in [-0.3, -0.25) is 9.78 Å². The summed E-state index contributed by atoms with van der Waals surface area (Å²) >= 11 is 0. The van der Waals surface area contributed by atoms with Crippen molar-refractivity contribution in [2.75, 3.05) is 0 Å². The number of aromatic hydroxyl groups is 1. The van der Waals surface area contributed by atoms with Crippen molar-refractivity contribution in [2.24, 2.45) is 0 Å². The fourth-order valence-electron chi connectivity index (χ4n) is 4.45. The average molecular weight is 418 g/mol. The van der Waals surface area contributed by atoms with Crippen LogP contribution in [-0.2, 0) is 0 Å². The molecule has 6 heteroatoms. The summed E-state index contributed by atoms with van der Waals surface area (Å²) in [6.07, 6.45) is 3.23. The molecule has 0 fully saturated rings. The van der Waals surface area contributed by atoms with Crippen LogP contribution in [0.5, 0.6) is 5.75 Å². The number of nitrogens with zero attached hydrogens (tertiary/aromatic N) is 2. The number of amides is 1. The van der Waals surface area contributed by atoms with Gasteiger partial charge in [-0.15, -0.1) is 0 Å². The van der Waals surface area contributed by atoms with Crippen molar-refractivity contribution < 1.29 is 9.90 Å². The molecule has 1 atom stereocenters. The summed E-state index contributed by atoms with van der Waals surface area (Å²) in [5, 5.41) is 13.0. The highest BCUT2D eigenvalue weighted by molar-refractivity contribution is 5.97. The SMILES string of the molecule is O=C(N[C@@H]1c2ccccc2-c2c(-c3nc4ccc(O)cc4[nH]3)cccc21)c1ccncc1. The van der Waals surface area contributed by atoms with E-state index in [0.717, 1.165) is 44.7 Å². The van der Waals surface area contributed by atoms with Crippen molar-refractivity contribution in [3.05, 3.63) is 102 Å². The van der Waals surface area contributed by atoms with Crippen molar-refractivity contribution in [2.45, 2.75) is 6.04 Å². The van der Waals surface area contributed by atoms with Crippen LogP contribution in [0.3, 0.4) is 0 Å². The number of phenols is 1. The zero-order valence-corrected chi connectivity index (χ0v) is 16.9. The van der Waals surface area contributed by atoms with Crippen LogP contribution in [0.1, 0.15) is 27.5 Å². The van der Waals surface area contributed by atoms with Gasteiger partial charge in [-0.25, -0.2) is 4.98 Å². The molecule has 1 aliphatic rings. The molecule has 3 N–H and O–H groups in total. The summed E-state index contributed by atoms with van der Waals surface area (Å²) in [5.41, 5.74) is 7.26. The van der Waals surface area contributed by atoms with E-state index in [1.54, 1.807) is 42.7 Å². The Labute approximate surface area is 183 Å². The second-order valence-electron chi connectivity index (χ2n) is 7.79. The van der Waals surface area contributed by atoms with Crippen molar-refractivity contribution in [3.63, 3.8) is 0 Å². The Morgan fingerprint density at radius 2 is 1.69 bits per heavy atom. The molecular weight excluding hydrogens is 400 g/mol. The summed E-state index contributed by atoms with van der Waals surface area (Å²) in [6, 6.07) is 22.4. The van der Waals surface area contributed by atoms with Gasteiger partial charge in [-0.05, 0) is 46.5 Å². The maximum Gasteiger partial charge on any atom is 0.252 e. The number of hydrogen-bond acceptors (Lipinski definition) is 4. The van der Waals surface area contributed by atoms with Crippen molar-refractivity contribution in [1.29, 1.82) is 0 Å². The van der Waals surface area contributed by atoms with Gasteiger partial charge >= 0.3 is 0 Å². The molecule has 32 heavy (non-hydrogen) atoms. The minimum absolute atomic E-state index is 0.148. The third-order valence-electron chi connectivity index (χ3n) is 5.89. The standard InChI is InChI=1S/C26H18N4O2/c31-16-8-9-21-22(14-16)29-25(28-21)20-7-3-6-19-23(20)17-4-1-2-5-18(17)24(19)30-26(32)15-10-12-27-13-11-15/h1-14,24,31H,(H,28,29)(H,30,32)/t24-/m1/s1. The molecule has 0 radical (unpaired) electrons. The highest BCUT2D eigenvalue weighted by Crippen LogP contribution is 2.47. The molecular formula is C26H18N4O2. The van der Waals surface area contributed by atoms with Crippen molar-refractivity contribution >= 4 is 16.9 Å². The zero-order chi connectivity index (χ0) is 21.7. The van der Waals surface area contributed by atoms with E-state index in [0.29, 0.717) is 5.56 Å². The smallest absolute Gasteiger partial charge is 0.252 e. The minimum atomic E-state index is -0.268. The van der Waals surface area contributed by atoms with Crippen LogP contribution in [0, 0.1) is 0 Å². The lowest BCUT2D eigenvalue weighted by Gasteiger charge is -2.16. The Bertz CT molecular complexity index is 1490. The number of rotatable bonds is 3. The Morgan fingerprint density at radius 1 is 0.906 bits per heavy atom. The van der Waals surface area contributed by atoms with Crippen LogP contribution in [0.15, 0.2) is 85.2 Å². The van der Waals surface area contributed by atoms with Crippen LogP contribution in [-0.4, -0.2) is 26.0 Å². The monoisotopic (exact) mass is 418 g/mol. The van der Waals surface area contributed by atoms with Crippen LogP contribution >= 0.6 is 0 Å². The Kier molecular flexibility index (Phi) is 4.04. The highest BCUT2D eigenvalue weighted by Gasteiger charge is 2.32. The van der Waals surface area contributed by atoms with Gasteiger partial charge in [0.2, 0.25) is 0 Å². The molecule has 0 unspecified atom stereocenters. The van der Waals surface area contributed by atoms with Crippen molar-refractivity contribution in [3.8, 4) is 28.3 Å². The third-order valence-corrected chi connectivity index (χ3v) is 5.89. The highest BCUT2D eigenvalue weighted by atomic mass is 16.3. The second-order valence-corrected chi connectivity index (χ2v) is 7.79. The van der Waals surface area contributed by atoms with E-state index < -0.39 is 0 Å². The van der Waals surface area contributed by atoms with Gasteiger partial charge in [-0.2, -0.15) is 0 Å². The number of aromatic amines is 1. The molecule has 5 aromatic rings. The molecule has 0 spiro atoms. The number of H-pyrrole nitrogens is 1. The van der Waals surface area contributed by atoms with Gasteiger partial charge in [0.25, 0.3) is 5.91 Å². The first kappa shape index (κ1) is 18.3. The summed E-state index contributed by atoms with van der Waals surface area (Å²) in [4.78, 5) is 25.0. The van der Waals surface area contributed by atoms with E-state index in [-0.39, 0.29) is 17.7 Å². The number of nitrogens with one attached hydrogen (secondary N) is 2.